The normalized spacial score (nSPS) is 14.6. The number of nitrogens with zero attached hydrogens (tertiary/aromatic N) is 4. The molecule has 2 N–H and O–H groups in total. The van der Waals surface area contributed by atoms with E-state index in [0.29, 0.717) is 22.8 Å². The van der Waals surface area contributed by atoms with Gasteiger partial charge in [-0.05, 0) is 89.1 Å². The van der Waals surface area contributed by atoms with Crippen LogP contribution >= 0.6 is 11.8 Å². The topological polar surface area (TPSA) is 130 Å². The fraction of sp³-hybridized carbons (Fsp3) is 0.217. The number of methoxy groups -OCH3 is 1. The van der Waals surface area contributed by atoms with Gasteiger partial charge in [-0.25, -0.2) is 5.10 Å². The number of H-pyrrole nitrogens is 1. The van der Waals surface area contributed by atoms with E-state index in [1.165, 1.54) is 4.90 Å². The lowest BCUT2D eigenvalue weighted by Gasteiger charge is -2.12. The van der Waals surface area contributed by atoms with Gasteiger partial charge in [-0.2, -0.15) is 0 Å². The van der Waals surface area contributed by atoms with Gasteiger partial charge in [-0.15, -0.1) is 5.10 Å². The van der Waals surface area contributed by atoms with E-state index >= 15 is 0 Å². The summed E-state index contributed by atoms with van der Waals surface area (Å²) >= 11 is 0.904. The van der Waals surface area contributed by atoms with E-state index in [9.17, 15) is 14.4 Å². The van der Waals surface area contributed by atoms with Gasteiger partial charge in [0.05, 0.1) is 12.0 Å². The number of benzene rings is 2. The number of amides is 3. The molecule has 10 nitrogen and oxygen atoms in total. The summed E-state index contributed by atoms with van der Waals surface area (Å²) in [6.45, 7) is 2.09. The van der Waals surface area contributed by atoms with Gasteiger partial charge in [0.15, 0.2) is 5.82 Å². The molecule has 0 unspecified atom stereocenters. The summed E-state index contributed by atoms with van der Waals surface area (Å²) in [5, 5.41) is 16.0. The monoisotopic (exact) mass is 478 g/mol. The first-order chi connectivity index (χ1) is 16.4. The van der Waals surface area contributed by atoms with Crippen molar-refractivity contribution in [3.63, 3.8) is 0 Å². The van der Waals surface area contributed by atoms with Crippen molar-refractivity contribution in [2.75, 3.05) is 19.0 Å². The molecule has 0 atom stereocenters. The molecule has 1 aliphatic rings. The lowest BCUT2D eigenvalue weighted by Crippen LogP contribution is -2.29. The number of rotatable bonds is 8. The van der Waals surface area contributed by atoms with Crippen molar-refractivity contribution < 1.29 is 19.1 Å². The maximum absolute atomic E-state index is 12.7. The third kappa shape index (κ3) is 5.31. The van der Waals surface area contributed by atoms with E-state index in [1.807, 2.05) is 25.1 Å². The summed E-state index contributed by atoms with van der Waals surface area (Å²) in [6.07, 6.45) is 2.23. The zero-order valence-electron chi connectivity index (χ0n) is 18.6. The lowest BCUT2D eigenvalue weighted by molar-refractivity contribution is -0.123. The van der Waals surface area contributed by atoms with Gasteiger partial charge in [0, 0.05) is 24.2 Å². The number of aromatic nitrogens is 4. The molecule has 0 aliphatic carbocycles. The van der Waals surface area contributed by atoms with E-state index in [4.69, 9.17) is 4.74 Å². The number of aromatic amines is 1. The number of nitrogens with one attached hydrogen (secondary N) is 2. The van der Waals surface area contributed by atoms with Crippen molar-refractivity contribution in [1.82, 2.24) is 25.5 Å². The third-order valence-corrected chi connectivity index (χ3v) is 6.07. The summed E-state index contributed by atoms with van der Waals surface area (Å²) in [7, 11) is 1.60. The number of thioether (sulfide) groups is 1. The molecule has 2 heterocycles. The van der Waals surface area contributed by atoms with Crippen LogP contribution in [0.2, 0.25) is 0 Å². The van der Waals surface area contributed by atoms with Crippen LogP contribution in [-0.4, -0.2) is 56.2 Å². The summed E-state index contributed by atoms with van der Waals surface area (Å²) in [4.78, 5) is 38.9. The zero-order valence-corrected chi connectivity index (χ0v) is 19.4. The molecule has 0 bridgehead atoms. The Bertz CT molecular complexity index is 1240. The van der Waals surface area contributed by atoms with Gasteiger partial charge < -0.3 is 10.1 Å². The molecule has 34 heavy (non-hydrogen) atoms. The highest BCUT2D eigenvalue weighted by atomic mass is 32.2. The molecule has 1 aliphatic heterocycles. The average molecular weight is 479 g/mol. The van der Waals surface area contributed by atoms with E-state index < -0.39 is 0 Å². The summed E-state index contributed by atoms with van der Waals surface area (Å²) in [5.41, 5.74) is 3.17. The Kier molecular flexibility index (Phi) is 7.02. The van der Waals surface area contributed by atoms with Crippen LogP contribution < -0.4 is 10.1 Å². The molecule has 2 aromatic carbocycles. The SMILES string of the molecule is COc1ccc(/C=C2\SC(=O)N(CCCC(=O)Nc3ccc(-c4nnn[nH]4)cc3)C2=O)cc1C. The van der Waals surface area contributed by atoms with Gasteiger partial charge >= 0.3 is 0 Å². The molecule has 3 aromatic rings. The second kappa shape index (κ2) is 10.3. The Labute approximate surface area is 199 Å². The fourth-order valence-corrected chi connectivity index (χ4v) is 4.31. The average Bonchev–Trinajstić information content (AvgIpc) is 3.44. The van der Waals surface area contributed by atoms with Crippen molar-refractivity contribution in [3.05, 3.63) is 58.5 Å². The highest BCUT2D eigenvalue weighted by Gasteiger charge is 2.34. The maximum atomic E-state index is 12.7. The lowest BCUT2D eigenvalue weighted by atomic mass is 10.1. The van der Waals surface area contributed by atoms with Crippen molar-refractivity contribution in [3.8, 4) is 17.1 Å². The summed E-state index contributed by atoms with van der Waals surface area (Å²) in [6, 6.07) is 12.6. The molecule has 1 fully saturated rings. The second-order valence-electron chi connectivity index (χ2n) is 7.54. The van der Waals surface area contributed by atoms with Gasteiger partial charge in [0.2, 0.25) is 5.91 Å². The number of hydrogen-bond donors (Lipinski definition) is 2. The first-order valence-corrected chi connectivity index (χ1v) is 11.3. The summed E-state index contributed by atoms with van der Waals surface area (Å²) in [5.74, 6) is 0.740. The van der Waals surface area contributed by atoms with E-state index in [2.05, 4.69) is 25.9 Å². The minimum absolute atomic E-state index is 0.173. The van der Waals surface area contributed by atoms with Crippen LogP contribution in [0.15, 0.2) is 47.4 Å². The van der Waals surface area contributed by atoms with E-state index in [0.717, 1.165) is 34.2 Å². The number of carbonyl (C=O) groups is 3. The van der Waals surface area contributed by atoms with Gasteiger partial charge in [0.25, 0.3) is 11.1 Å². The van der Waals surface area contributed by atoms with Gasteiger partial charge in [-0.1, -0.05) is 6.07 Å². The first-order valence-electron chi connectivity index (χ1n) is 10.5. The molecule has 0 spiro atoms. The van der Waals surface area contributed by atoms with Crippen LogP contribution in [0, 0.1) is 6.92 Å². The Morgan fingerprint density at radius 2 is 2.00 bits per heavy atom. The number of imide groups is 1. The van der Waals surface area contributed by atoms with Crippen LogP contribution in [0.3, 0.4) is 0 Å². The van der Waals surface area contributed by atoms with E-state index in [-0.39, 0.29) is 30.0 Å². The smallest absolute Gasteiger partial charge is 0.293 e. The maximum Gasteiger partial charge on any atom is 0.293 e. The molecule has 1 saturated heterocycles. The molecule has 4 rings (SSSR count). The molecule has 0 radical (unpaired) electrons. The number of tetrazole rings is 1. The third-order valence-electron chi connectivity index (χ3n) is 5.16. The predicted molar refractivity (Wildman–Crippen MR) is 128 cm³/mol. The number of carbonyl (C=O) groups excluding carboxylic acids is 3. The van der Waals surface area contributed by atoms with Crippen molar-refractivity contribution in [2.45, 2.75) is 19.8 Å². The molecule has 11 heteroatoms. The van der Waals surface area contributed by atoms with Crippen molar-refractivity contribution >= 4 is 40.6 Å². The molecule has 174 valence electrons. The van der Waals surface area contributed by atoms with Crippen LogP contribution in [-0.2, 0) is 9.59 Å². The molecule has 3 amide bonds. The van der Waals surface area contributed by atoms with Gasteiger partial charge in [-0.3, -0.25) is 19.3 Å². The Hall–Kier alpha value is -3.99. The Morgan fingerprint density at radius 3 is 2.68 bits per heavy atom. The van der Waals surface area contributed by atoms with Crippen molar-refractivity contribution in [2.24, 2.45) is 0 Å². The minimum atomic E-state index is -0.346. The van der Waals surface area contributed by atoms with Crippen LogP contribution in [0.4, 0.5) is 10.5 Å². The van der Waals surface area contributed by atoms with E-state index in [1.54, 1.807) is 37.5 Å². The van der Waals surface area contributed by atoms with Crippen LogP contribution in [0.25, 0.3) is 17.5 Å². The van der Waals surface area contributed by atoms with Crippen molar-refractivity contribution in [1.29, 1.82) is 0 Å². The Morgan fingerprint density at radius 1 is 1.21 bits per heavy atom. The van der Waals surface area contributed by atoms with Crippen LogP contribution in [0.5, 0.6) is 5.75 Å². The number of hydrogen-bond acceptors (Lipinski definition) is 8. The second-order valence-corrected chi connectivity index (χ2v) is 8.53. The highest BCUT2D eigenvalue weighted by molar-refractivity contribution is 8.18. The minimum Gasteiger partial charge on any atom is -0.496 e. The number of ether oxygens (including phenoxy) is 1. The van der Waals surface area contributed by atoms with Gasteiger partial charge in [0.1, 0.15) is 5.75 Å². The molecule has 0 saturated carbocycles. The summed E-state index contributed by atoms with van der Waals surface area (Å²) < 4.78 is 5.25. The molecular formula is C23H22N6O4S. The first kappa shape index (κ1) is 23.2. The zero-order chi connectivity index (χ0) is 24.1. The van der Waals surface area contributed by atoms with Crippen LogP contribution in [0.1, 0.15) is 24.0 Å². The largest absolute Gasteiger partial charge is 0.496 e. The number of anilines is 1. The standard InChI is InChI=1S/C23H22N6O4S/c1-14-12-15(5-10-18(14)33-2)13-19-22(31)29(23(32)34-19)11-3-4-20(30)24-17-8-6-16(7-9-17)21-25-27-28-26-21/h5-10,12-13H,3-4,11H2,1-2H3,(H,24,30)(H,25,26,27,28)/b19-13-. The number of aryl methyl sites for hydroxylation is 1. The Balaban J connectivity index is 1.28. The molecule has 1 aromatic heterocycles. The predicted octanol–water partition coefficient (Wildman–Crippen LogP) is 3.64. The fourth-order valence-electron chi connectivity index (χ4n) is 3.45. The molecular weight excluding hydrogens is 456 g/mol. The quantitative estimate of drug-likeness (QED) is 0.469. The highest BCUT2D eigenvalue weighted by Crippen LogP contribution is 2.33.